The molecule has 0 aliphatic rings. The summed E-state index contributed by atoms with van der Waals surface area (Å²) in [6.45, 7) is 3.17. The summed E-state index contributed by atoms with van der Waals surface area (Å²) in [5, 5.41) is 3.05. The third kappa shape index (κ3) is 6.11. The number of ether oxygens (including phenoxy) is 1. The van der Waals surface area contributed by atoms with Crippen LogP contribution in [0.3, 0.4) is 0 Å². The number of benzene rings is 2. The first-order valence-corrected chi connectivity index (χ1v) is 13.3. The standard InChI is InChI=1S/C20H25ClN2O6S2/c1-13(15-6-9-17(10-7-15)30(4,25)26)22-20(24)14(2)23(31(5,27)28)18-12-16(21)8-11-19(18)29-3/h6-14H,1-5H3,(H,22,24). The van der Waals surface area contributed by atoms with Gasteiger partial charge in [-0.1, -0.05) is 23.7 Å². The molecular weight excluding hydrogens is 464 g/mol. The highest BCUT2D eigenvalue weighted by Crippen LogP contribution is 2.34. The zero-order chi connectivity index (χ0) is 23.6. The molecule has 0 radical (unpaired) electrons. The zero-order valence-corrected chi connectivity index (χ0v) is 20.2. The van der Waals surface area contributed by atoms with Crippen LogP contribution in [-0.2, 0) is 24.7 Å². The molecule has 1 amide bonds. The Bertz CT molecular complexity index is 1160. The van der Waals surface area contributed by atoms with Gasteiger partial charge in [0.05, 0.1) is 30.0 Å². The molecule has 2 atom stereocenters. The number of sulfone groups is 1. The SMILES string of the molecule is COc1ccc(Cl)cc1N(C(C)C(=O)NC(C)c1ccc(S(C)(=O)=O)cc1)S(C)(=O)=O. The molecule has 0 heterocycles. The number of nitrogens with one attached hydrogen (secondary N) is 1. The molecule has 2 aromatic rings. The number of sulfonamides is 1. The van der Waals surface area contributed by atoms with Crippen LogP contribution in [0, 0.1) is 0 Å². The lowest BCUT2D eigenvalue weighted by Gasteiger charge is -2.30. The maximum Gasteiger partial charge on any atom is 0.244 e. The van der Waals surface area contributed by atoms with Gasteiger partial charge in [0.15, 0.2) is 9.84 Å². The Balaban J connectivity index is 2.31. The number of carbonyl (C=O) groups excluding carboxylic acids is 1. The number of methoxy groups -OCH3 is 1. The molecule has 11 heteroatoms. The van der Waals surface area contributed by atoms with E-state index in [1.165, 1.54) is 38.3 Å². The van der Waals surface area contributed by atoms with Crippen LogP contribution in [0.25, 0.3) is 0 Å². The van der Waals surface area contributed by atoms with Gasteiger partial charge in [0.25, 0.3) is 0 Å². The predicted molar refractivity (Wildman–Crippen MR) is 121 cm³/mol. The summed E-state index contributed by atoms with van der Waals surface area (Å²) in [5.41, 5.74) is 0.810. The van der Waals surface area contributed by atoms with E-state index in [1.807, 2.05) is 0 Å². The Morgan fingerprint density at radius 1 is 1.03 bits per heavy atom. The minimum atomic E-state index is -3.87. The average Bonchev–Trinajstić information content (AvgIpc) is 2.66. The van der Waals surface area contributed by atoms with Crippen molar-refractivity contribution in [3.8, 4) is 5.75 Å². The van der Waals surface area contributed by atoms with E-state index in [0.717, 1.165) is 16.8 Å². The van der Waals surface area contributed by atoms with Crippen LogP contribution < -0.4 is 14.4 Å². The van der Waals surface area contributed by atoms with Crippen molar-refractivity contribution in [1.29, 1.82) is 0 Å². The fourth-order valence-electron chi connectivity index (χ4n) is 3.04. The highest BCUT2D eigenvalue weighted by Gasteiger charge is 2.32. The van der Waals surface area contributed by atoms with Crippen molar-refractivity contribution in [1.82, 2.24) is 5.32 Å². The van der Waals surface area contributed by atoms with E-state index in [2.05, 4.69) is 5.32 Å². The van der Waals surface area contributed by atoms with Crippen LogP contribution >= 0.6 is 11.6 Å². The molecule has 0 bridgehead atoms. The van der Waals surface area contributed by atoms with Gasteiger partial charge in [0.2, 0.25) is 15.9 Å². The first-order chi connectivity index (χ1) is 14.3. The lowest BCUT2D eigenvalue weighted by atomic mass is 10.1. The lowest BCUT2D eigenvalue weighted by molar-refractivity contribution is -0.122. The first kappa shape index (κ1) is 25.0. The van der Waals surface area contributed by atoms with Gasteiger partial charge in [-0.15, -0.1) is 0 Å². The number of amides is 1. The highest BCUT2D eigenvalue weighted by molar-refractivity contribution is 7.92. The Morgan fingerprint density at radius 2 is 1.61 bits per heavy atom. The zero-order valence-electron chi connectivity index (χ0n) is 17.8. The Hall–Kier alpha value is -2.30. The van der Waals surface area contributed by atoms with Gasteiger partial charge in [-0.25, -0.2) is 16.8 Å². The lowest BCUT2D eigenvalue weighted by Crippen LogP contribution is -2.48. The second-order valence-corrected chi connectivity index (χ2v) is 11.4. The Morgan fingerprint density at radius 3 is 2.10 bits per heavy atom. The third-order valence-corrected chi connectivity index (χ3v) is 7.22. The number of rotatable bonds is 8. The monoisotopic (exact) mass is 488 g/mol. The largest absolute Gasteiger partial charge is 0.495 e. The second-order valence-electron chi connectivity index (χ2n) is 7.12. The first-order valence-electron chi connectivity index (χ1n) is 9.19. The molecule has 1 N–H and O–H groups in total. The van der Waals surface area contributed by atoms with Crippen molar-refractivity contribution in [2.24, 2.45) is 0 Å². The van der Waals surface area contributed by atoms with Gasteiger partial charge in [-0.2, -0.15) is 0 Å². The van der Waals surface area contributed by atoms with E-state index in [1.54, 1.807) is 25.1 Å². The topological polar surface area (TPSA) is 110 Å². The molecule has 0 saturated carbocycles. The summed E-state index contributed by atoms with van der Waals surface area (Å²) in [5.74, 6) is -0.300. The normalized spacial score (nSPS) is 13.9. The van der Waals surface area contributed by atoms with Crippen LogP contribution in [0.2, 0.25) is 5.02 Å². The molecule has 2 aromatic carbocycles. The summed E-state index contributed by atoms with van der Waals surface area (Å²) in [6, 6.07) is 8.99. The number of nitrogens with zero attached hydrogens (tertiary/aromatic N) is 1. The van der Waals surface area contributed by atoms with E-state index in [4.69, 9.17) is 16.3 Å². The van der Waals surface area contributed by atoms with Gasteiger partial charge in [0, 0.05) is 11.3 Å². The highest BCUT2D eigenvalue weighted by atomic mass is 35.5. The van der Waals surface area contributed by atoms with Gasteiger partial charge in [-0.3, -0.25) is 9.10 Å². The summed E-state index contributed by atoms with van der Waals surface area (Å²) in [6.07, 6.45) is 2.10. The maximum absolute atomic E-state index is 12.9. The van der Waals surface area contributed by atoms with Gasteiger partial charge < -0.3 is 10.1 Å². The van der Waals surface area contributed by atoms with Crippen molar-refractivity contribution in [3.63, 3.8) is 0 Å². The van der Waals surface area contributed by atoms with Crippen molar-refractivity contribution in [2.75, 3.05) is 23.9 Å². The molecule has 2 unspecified atom stereocenters. The van der Waals surface area contributed by atoms with Gasteiger partial charge in [-0.05, 0) is 49.7 Å². The molecule has 0 aromatic heterocycles. The molecule has 0 saturated heterocycles. The van der Waals surface area contributed by atoms with Crippen molar-refractivity contribution >= 4 is 43.1 Å². The van der Waals surface area contributed by atoms with E-state index >= 15 is 0 Å². The minimum absolute atomic E-state index is 0.144. The molecule has 0 fully saturated rings. The van der Waals surface area contributed by atoms with Crippen LogP contribution in [0.4, 0.5) is 5.69 Å². The molecule has 170 valence electrons. The minimum Gasteiger partial charge on any atom is -0.495 e. The molecule has 8 nitrogen and oxygen atoms in total. The third-order valence-electron chi connectivity index (χ3n) is 4.63. The molecule has 0 aliphatic carbocycles. The molecular formula is C20H25ClN2O6S2. The van der Waals surface area contributed by atoms with Gasteiger partial charge >= 0.3 is 0 Å². The summed E-state index contributed by atoms with van der Waals surface area (Å²) in [4.78, 5) is 13.1. The molecule has 0 aliphatic heterocycles. The number of hydrogen-bond acceptors (Lipinski definition) is 6. The smallest absolute Gasteiger partial charge is 0.244 e. The average molecular weight is 489 g/mol. The number of halogens is 1. The summed E-state index contributed by atoms with van der Waals surface area (Å²) in [7, 11) is -5.81. The Labute approximate surface area is 188 Å². The van der Waals surface area contributed by atoms with Crippen molar-refractivity contribution < 1.29 is 26.4 Å². The molecule has 31 heavy (non-hydrogen) atoms. The predicted octanol–water partition coefficient (Wildman–Crippen LogP) is 2.78. The van der Waals surface area contributed by atoms with E-state index in [9.17, 15) is 21.6 Å². The van der Waals surface area contributed by atoms with Crippen molar-refractivity contribution in [3.05, 3.63) is 53.1 Å². The van der Waals surface area contributed by atoms with Crippen LogP contribution in [-0.4, -0.2) is 48.4 Å². The Kier molecular flexibility index (Phi) is 7.61. The number of carbonyl (C=O) groups is 1. The van der Waals surface area contributed by atoms with Crippen LogP contribution in [0.15, 0.2) is 47.4 Å². The van der Waals surface area contributed by atoms with E-state index < -0.39 is 37.9 Å². The summed E-state index contributed by atoms with van der Waals surface area (Å²) < 4.78 is 54.5. The fraction of sp³-hybridized carbons (Fsp3) is 0.350. The molecule has 0 spiro atoms. The van der Waals surface area contributed by atoms with Gasteiger partial charge in [0.1, 0.15) is 11.8 Å². The molecule has 2 rings (SSSR count). The number of anilines is 1. The fourth-order valence-corrected chi connectivity index (χ4v) is 5.00. The van der Waals surface area contributed by atoms with Crippen LogP contribution in [0.5, 0.6) is 5.75 Å². The van der Waals surface area contributed by atoms with Crippen molar-refractivity contribution in [2.45, 2.75) is 30.8 Å². The van der Waals surface area contributed by atoms with Crippen LogP contribution in [0.1, 0.15) is 25.5 Å². The quantitative estimate of drug-likeness (QED) is 0.611. The number of hydrogen-bond donors (Lipinski definition) is 1. The summed E-state index contributed by atoms with van der Waals surface area (Å²) >= 11 is 6.04. The van der Waals surface area contributed by atoms with E-state index in [0.29, 0.717) is 5.56 Å². The second kappa shape index (κ2) is 9.46. The maximum atomic E-state index is 12.9. The van der Waals surface area contributed by atoms with E-state index in [-0.39, 0.29) is 21.4 Å².